The van der Waals surface area contributed by atoms with E-state index >= 15 is 0 Å². The molecule has 5 N–H and O–H groups in total. The smallest absolute Gasteiger partial charge is 0.261 e. The topological polar surface area (TPSA) is 140 Å². The first-order chi connectivity index (χ1) is 18.2. The lowest BCUT2D eigenvalue weighted by Gasteiger charge is -2.27. The maximum absolute atomic E-state index is 13.1. The standard InChI is InChI=1S/C27H33FN6O3S/c1-2-3-16-30-27-31-17-24(26(33-27)32-20-10-12-22(35)13-11-20)25(29)18-4-14-23(15-5-18)38(36,37)34-21-8-6-19(28)7-9-21/h4-9,14-15,17,20,22,29,34-35H,2-3,10-13,16H2,1H3,(H2,30,31,32,33). The molecule has 0 atom stereocenters. The fraction of sp³-hybridized carbons (Fsp3) is 0.370. The highest BCUT2D eigenvalue weighted by Crippen LogP contribution is 2.26. The lowest BCUT2D eigenvalue weighted by Crippen LogP contribution is -2.29. The maximum Gasteiger partial charge on any atom is 0.261 e. The molecule has 1 aromatic heterocycles. The van der Waals surface area contributed by atoms with Crippen molar-refractivity contribution in [3.05, 3.63) is 71.7 Å². The highest BCUT2D eigenvalue weighted by Gasteiger charge is 2.23. The first kappa shape index (κ1) is 27.5. The Morgan fingerprint density at radius 1 is 1.08 bits per heavy atom. The molecule has 11 heteroatoms. The van der Waals surface area contributed by atoms with Crippen molar-refractivity contribution in [2.75, 3.05) is 21.9 Å². The van der Waals surface area contributed by atoms with Crippen LogP contribution < -0.4 is 15.4 Å². The van der Waals surface area contributed by atoms with Gasteiger partial charge in [-0.05, 0) is 68.5 Å². The third-order valence-electron chi connectivity index (χ3n) is 6.46. The van der Waals surface area contributed by atoms with Crippen LogP contribution in [-0.2, 0) is 10.0 Å². The summed E-state index contributed by atoms with van der Waals surface area (Å²) in [6, 6.07) is 11.1. The minimum Gasteiger partial charge on any atom is -0.393 e. The van der Waals surface area contributed by atoms with Crippen molar-refractivity contribution in [2.45, 2.75) is 62.5 Å². The van der Waals surface area contributed by atoms with Gasteiger partial charge in [0.2, 0.25) is 5.95 Å². The van der Waals surface area contributed by atoms with E-state index in [2.05, 4.69) is 32.2 Å². The summed E-state index contributed by atoms with van der Waals surface area (Å²) in [5.74, 6) is 0.543. The molecule has 0 radical (unpaired) electrons. The summed E-state index contributed by atoms with van der Waals surface area (Å²) in [6.07, 6.45) is 6.34. The number of sulfonamides is 1. The first-order valence-corrected chi connectivity index (χ1v) is 14.3. The van der Waals surface area contributed by atoms with Gasteiger partial charge >= 0.3 is 0 Å². The van der Waals surface area contributed by atoms with Gasteiger partial charge in [-0.2, -0.15) is 4.98 Å². The SMILES string of the molecule is CCCCNc1ncc(C(=N)c2ccc(S(=O)(=O)Nc3ccc(F)cc3)cc2)c(NC2CCC(O)CC2)n1. The van der Waals surface area contributed by atoms with Gasteiger partial charge in [-0.3, -0.25) is 10.1 Å². The second kappa shape index (κ2) is 12.3. The Kier molecular flexibility index (Phi) is 8.90. The number of nitrogens with one attached hydrogen (secondary N) is 4. The van der Waals surface area contributed by atoms with Crippen LogP contribution in [0.15, 0.2) is 59.6 Å². The Balaban J connectivity index is 1.54. The number of benzene rings is 2. The van der Waals surface area contributed by atoms with Crippen molar-refractivity contribution in [2.24, 2.45) is 0 Å². The van der Waals surface area contributed by atoms with Crippen LogP contribution in [0, 0.1) is 11.2 Å². The predicted octanol–water partition coefficient (Wildman–Crippen LogP) is 4.76. The molecule has 1 fully saturated rings. The Labute approximate surface area is 222 Å². The number of nitrogens with zero attached hydrogens (tertiary/aromatic N) is 2. The number of hydrogen-bond donors (Lipinski definition) is 5. The molecule has 1 aliphatic carbocycles. The van der Waals surface area contributed by atoms with Crippen molar-refractivity contribution in [3.63, 3.8) is 0 Å². The minimum atomic E-state index is -3.89. The molecule has 0 spiro atoms. The van der Waals surface area contributed by atoms with Crippen LogP contribution in [0.2, 0.25) is 0 Å². The molecule has 3 aromatic rings. The van der Waals surface area contributed by atoms with Crippen LogP contribution in [0.25, 0.3) is 0 Å². The van der Waals surface area contributed by atoms with Gasteiger partial charge in [-0.25, -0.2) is 17.8 Å². The number of hydrogen-bond acceptors (Lipinski definition) is 8. The summed E-state index contributed by atoms with van der Waals surface area (Å²) in [6.45, 7) is 2.84. The van der Waals surface area contributed by atoms with E-state index in [0.717, 1.165) is 32.2 Å². The highest BCUT2D eigenvalue weighted by atomic mass is 32.2. The Morgan fingerprint density at radius 3 is 2.42 bits per heavy atom. The number of unbranched alkanes of at least 4 members (excludes halogenated alkanes) is 1. The molecule has 1 heterocycles. The molecule has 202 valence electrons. The molecular weight excluding hydrogens is 507 g/mol. The fourth-order valence-electron chi connectivity index (χ4n) is 4.24. The van der Waals surface area contributed by atoms with Crippen LogP contribution in [0.5, 0.6) is 0 Å². The number of aromatic nitrogens is 2. The summed E-state index contributed by atoms with van der Waals surface area (Å²) in [4.78, 5) is 9.06. The number of halogens is 1. The average Bonchev–Trinajstić information content (AvgIpc) is 2.91. The third-order valence-corrected chi connectivity index (χ3v) is 7.86. The summed E-state index contributed by atoms with van der Waals surface area (Å²) in [7, 11) is -3.89. The second-order valence-electron chi connectivity index (χ2n) is 9.40. The van der Waals surface area contributed by atoms with Gasteiger partial charge in [-0.1, -0.05) is 25.5 Å². The van der Waals surface area contributed by atoms with Crippen LogP contribution in [0.4, 0.5) is 21.8 Å². The van der Waals surface area contributed by atoms with Crippen molar-refractivity contribution in [1.29, 1.82) is 5.41 Å². The molecule has 0 unspecified atom stereocenters. The number of aliphatic hydroxyl groups excluding tert-OH is 1. The molecule has 1 aliphatic rings. The predicted molar refractivity (Wildman–Crippen MR) is 147 cm³/mol. The monoisotopic (exact) mass is 540 g/mol. The molecule has 0 saturated heterocycles. The van der Waals surface area contributed by atoms with Crippen molar-refractivity contribution in [3.8, 4) is 0 Å². The van der Waals surface area contributed by atoms with E-state index in [1.807, 2.05) is 0 Å². The zero-order chi connectivity index (χ0) is 27.1. The Morgan fingerprint density at radius 2 is 1.76 bits per heavy atom. The molecule has 0 bridgehead atoms. The molecule has 0 aliphatic heterocycles. The van der Waals surface area contributed by atoms with Gasteiger partial charge in [0.05, 0.1) is 22.3 Å². The molecule has 2 aromatic carbocycles. The summed E-state index contributed by atoms with van der Waals surface area (Å²) >= 11 is 0. The van der Waals surface area contributed by atoms with Gasteiger partial charge in [0.1, 0.15) is 11.6 Å². The van der Waals surface area contributed by atoms with Gasteiger partial charge in [0, 0.05) is 30.0 Å². The number of aliphatic hydroxyl groups is 1. The van der Waals surface area contributed by atoms with Crippen molar-refractivity contribution >= 4 is 33.2 Å². The van der Waals surface area contributed by atoms with Crippen molar-refractivity contribution < 1.29 is 17.9 Å². The van der Waals surface area contributed by atoms with E-state index < -0.39 is 15.8 Å². The van der Waals surface area contributed by atoms with E-state index in [1.54, 1.807) is 18.3 Å². The van der Waals surface area contributed by atoms with E-state index in [4.69, 9.17) is 5.41 Å². The number of rotatable bonds is 11. The van der Waals surface area contributed by atoms with Crippen LogP contribution >= 0.6 is 0 Å². The summed E-state index contributed by atoms with van der Waals surface area (Å²) < 4.78 is 41.1. The lowest BCUT2D eigenvalue weighted by molar-refractivity contribution is 0.126. The molecule has 4 rings (SSSR count). The lowest BCUT2D eigenvalue weighted by atomic mass is 9.93. The van der Waals surface area contributed by atoms with Crippen LogP contribution in [0.1, 0.15) is 56.6 Å². The first-order valence-electron chi connectivity index (χ1n) is 12.8. The molecule has 38 heavy (non-hydrogen) atoms. The maximum atomic E-state index is 13.1. The van der Waals surface area contributed by atoms with Gasteiger partial charge in [0.15, 0.2) is 0 Å². The van der Waals surface area contributed by atoms with E-state index in [-0.39, 0.29) is 28.4 Å². The van der Waals surface area contributed by atoms with Crippen LogP contribution in [0.3, 0.4) is 0 Å². The molecule has 9 nitrogen and oxygen atoms in total. The van der Waals surface area contributed by atoms with Gasteiger partial charge in [0.25, 0.3) is 10.0 Å². The van der Waals surface area contributed by atoms with Gasteiger partial charge in [-0.15, -0.1) is 0 Å². The Bertz CT molecular complexity index is 1340. The fourth-order valence-corrected chi connectivity index (χ4v) is 5.30. The second-order valence-corrected chi connectivity index (χ2v) is 11.1. The minimum absolute atomic E-state index is 0.0178. The van der Waals surface area contributed by atoms with Crippen LogP contribution in [-0.4, -0.2) is 47.9 Å². The summed E-state index contributed by atoms with van der Waals surface area (Å²) in [5.41, 5.74) is 1.40. The molecule has 0 amide bonds. The van der Waals surface area contributed by atoms with E-state index in [9.17, 15) is 17.9 Å². The normalized spacial score (nSPS) is 17.6. The third kappa shape index (κ3) is 7.05. The zero-order valence-corrected chi connectivity index (χ0v) is 22.1. The Hall–Kier alpha value is -3.57. The zero-order valence-electron chi connectivity index (χ0n) is 21.2. The van der Waals surface area contributed by atoms with Crippen molar-refractivity contribution in [1.82, 2.24) is 9.97 Å². The van der Waals surface area contributed by atoms with E-state index in [1.165, 1.54) is 36.4 Å². The largest absolute Gasteiger partial charge is 0.393 e. The van der Waals surface area contributed by atoms with E-state index in [0.29, 0.717) is 35.7 Å². The molecular formula is C27H33FN6O3S. The van der Waals surface area contributed by atoms with Gasteiger partial charge < -0.3 is 15.7 Å². The highest BCUT2D eigenvalue weighted by molar-refractivity contribution is 7.92. The number of anilines is 3. The quantitative estimate of drug-likeness (QED) is 0.174. The average molecular weight is 541 g/mol. The summed E-state index contributed by atoms with van der Waals surface area (Å²) in [5, 5.41) is 25.4. The molecule has 1 saturated carbocycles.